The topological polar surface area (TPSA) is 48.5 Å². The number of hydrogen-bond donors (Lipinski definition) is 1. The van der Waals surface area contributed by atoms with Crippen LogP contribution in [0.2, 0.25) is 0 Å². The second-order valence-electron chi connectivity index (χ2n) is 9.19. The minimum atomic E-state index is -4.54. The van der Waals surface area contributed by atoms with Crippen LogP contribution in [0.1, 0.15) is 41.7 Å². The van der Waals surface area contributed by atoms with Crippen molar-refractivity contribution in [2.75, 3.05) is 30.9 Å². The lowest BCUT2D eigenvalue weighted by Gasteiger charge is -2.37. The molecule has 35 heavy (non-hydrogen) atoms. The lowest BCUT2D eigenvalue weighted by Crippen LogP contribution is -2.43. The molecule has 0 atom stereocenters. The third kappa shape index (κ3) is 5.33. The Bertz CT molecular complexity index is 1220. The standard InChI is InChI=1S/C26H28F4N4O/c1-33(2)22-13-8-16(14-20(22)27)25(35)31-17-9-11-18(12-10-17)34(3)23-15-24(26(28,29)30)32-21-7-5-4-6-19(21)23/h4-8,13-15,17-18H,9-12H2,1-3H3,(H,31,35)/t17-,18+. The third-order valence-electron chi connectivity index (χ3n) is 6.64. The summed E-state index contributed by atoms with van der Waals surface area (Å²) in [5.74, 6) is -0.795. The molecule has 1 amide bonds. The number of benzene rings is 2. The highest BCUT2D eigenvalue weighted by atomic mass is 19.4. The fraction of sp³-hybridized carbons (Fsp3) is 0.385. The molecule has 1 fully saturated rings. The summed E-state index contributed by atoms with van der Waals surface area (Å²) >= 11 is 0. The lowest BCUT2D eigenvalue weighted by atomic mass is 9.89. The highest BCUT2D eigenvalue weighted by molar-refractivity contribution is 5.95. The number of carbonyl (C=O) groups excluding carboxylic acids is 1. The van der Waals surface area contributed by atoms with Crippen molar-refractivity contribution in [3.8, 4) is 0 Å². The van der Waals surface area contributed by atoms with Crippen molar-refractivity contribution in [2.45, 2.75) is 43.9 Å². The number of amides is 1. The Balaban J connectivity index is 1.44. The van der Waals surface area contributed by atoms with Gasteiger partial charge < -0.3 is 15.1 Å². The summed E-state index contributed by atoms with van der Waals surface area (Å²) in [6.45, 7) is 0. The number of anilines is 2. The number of fused-ring (bicyclic) bond motifs is 1. The van der Waals surface area contributed by atoms with Gasteiger partial charge in [0.05, 0.1) is 11.2 Å². The van der Waals surface area contributed by atoms with Gasteiger partial charge in [-0.25, -0.2) is 9.37 Å². The largest absolute Gasteiger partial charge is 0.433 e. The minimum absolute atomic E-state index is 0.0202. The highest BCUT2D eigenvalue weighted by Gasteiger charge is 2.34. The van der Waals surface area contributed by atoms with E-state index in [4.69, 9.17) is 0 Å². The number of carbonyl (C=O) groups is 1. The molecule has 1 N–H and O–H groups in total. The molecule has 2 aromatic carbocycles. The fourth-order valence-corrected chi connectivity index (χ4v) is 4.68. The molecule has 1 heterocycles. The van der Waals surface area contributed by atoms with Crippen LogP contribution in [0.3, 0.4) is 0 Å². The van der Waals surface area contributed by atoms with Gasteiger partial charge in [-0.2, -0.15) is 13.2 Å². The van der Waals surface area contributed by atoms with E-state index in [9.17, 15) is 22.4 Å². The van der Waals surface area contributed by atoms with Crippen LogP contribution < -0.4 is 15.1 Å². The summed E-state index contributed by atoms with van der Waals surface area (Å²) in [5.41, 5.74) is 0.550. The molecule has 0 radical (unpaired) electrons. The van der Waals surface area contributed by atoms with Crippen molar-refractivity contribution in [3.63, 3.8) is 0 Å². The smallest absolute Gasteiger partial charge is 0.375 e. The van der Waals surface area contributed by atoms with Gasteiger partial charge in [0.25, 0.3) is 5.91 Å². The molecule has 186 valence electrons. The van der Waals surface area contributed by atoms with E-state index in [0.29, 0.717) is 48.0 Å². The van der Waals surface area contributed by atoms with Crippen LogP contribution in [-0.2, 0) is 6.18 Å². The Labute approximate surface area is 201 Å². The maximum absolute atomic E-state index is 14.3. The first-order valence-corrected chi connectivity index (χ1v) is 11.5. The maximum atomic E-state index is 14.3. The number of hydrogen-bond acceptors (Lipinski definition) is 4. The summed E-state index contributed by atoms with van der Waals surface area (Å²) in [4.78, 5) is 20.0. The number of para-hydroxylation sites is 1. The Kier molecular flexibility index (Phi) is 6.87. The predicted molar refractivity (Wildman–Crippen MR) is 129 cm³/mol. The molecule has 3 aromatic rings. The first-order valence-electron chi connectivity index (χ1n) is 11.5. The fourth-order valence-electron chi connectivity index (χ4n) is 4.68. The van der Waals surface area contributed by atoms with E-state index < -0.39 is 17.7 Å². The number of aromatic nitrogens is 1. The average molecular weight is 489 g/mol. The third-order valence-corrected chi connectivity index (χ3v) is 6.64. The number of alkyl halides is 3. The molecule has 9 heteroatoms. The average Bonchev–Trinajstić information content (AvgIpc) is 2.82. The second-order valence-corrected chi connectivity index (χ2v) is 9.19. The summed E-state index contributed by atoms with van der Waals surface area (Å²) in [7, 11) is 5.26. The number of halogens is 4. The van der Waals surface area contributed by atoms with Gasteiger partial charge in [-0.05, 0) is 56.0 Å². The van der Waals surface area contributed by atoms with E-state index in [1.165, 1.54) is 6.07 Å². The lowest BCUT2D eigenvalue weighted by molar-refractivity contribution is -0.140. The summed E-state index contributed by atoms with van der Waals surface area (Å²) in [6, 6.07) is 12.3. The van der Waals surface area contributed by atoms with E-state index in [0.717, 1.165) is 6.07 Å². The Hall–Kier alpha value is -3.36. The molecule has 4 rings (SSSR count). The van der Waals surface area contributed by atoms with Gasteiger partial charge in [0.1, 0.15) is 11.5 Å². The molecule has 1 aromatic heterocycles. The predicted octanol–water partition coefficient (Wildman–Crippen LogP) is 5.64. The van der Waals surface area contributed by atoms with Gasteiger partial charge in [-0.3, -0.25) is 4.79 Å². The van der Waals surface area contributed by atoms with Crippen molar-refractivity contribution < 1.29 is 22.4 Å². The molecular weight excluding hydrogens is 460 g/mol. The van der Waals surface area contributed by atoms with Crippen LogP contribution in [0, 0.1) is 5.82 Å². The van der Waals surface area contributed by atoms with E-state index in [-0.39, 0.29) is 23.6 Å². The zero-order valence-corrected chi connectivity index (χ0v) is 19.9. The van der Waals surface area contributed by atoms with Gasteiger partial charge in [0.2, 0.25) is 0 Å². The minimum Gasteiger partial charge on any atom is -0.375 e. The maximum Gasteiger partial charge on any atom is 0.433 e. The van der Waals surface area contributed by atoms with Crippen LogP contribution in [-0.4, -0.2) is 44.1 Å². The number of pyridine rings is 1. The normalized spacial score (nSPS) is 18.4. The highest BCUT2D eigenvalue weighted by Crippen LogP contribution is 2.36. The van der Waals surface area contributed by atoms with Crippen molar-refractivity contribution in [1.29, 1.82) is 0 Å². The number of rotatable bonds is 5. The van der Waals surface area contributed by atoms with Crippen LogP contribution in [0.15, 0.2) is 48.5 Å². The van der Waals surface area contributed by atoms with Crippen LogP contribution in [0.25, 0.3) is 10.9 Å². The zero-order chi connectivity index (χ0) is 25.3. The first-order chi connectivity index (χ1) is 16.5. The van der Waals surface area contributed by atoms with E-state index >= 15 is 0 Å². The summed E-state index contributed by atoms with van der Waals surface area (Å²) < 4.78 is 54.6. The van der Waals surface area contributed by atoms with Gasteiger partial charge in [0.15, 0.2) is 0 Å². The van der Waals surface area contributed by atoms with Crippen molar-refractivity contribution in [3.05, 3.63) is 65.6 Å². The van der Waals surface area contributed by atoms with Crippen molar-refractivity contribution in [2.24, 2.45) is 0 Å². The van der Waals surface area contributed by atoms with Gasteiger partial charge in [0, 0.05) is 49.9 Å². The van der Waals surface area contributed by atoms with Gasteiger partial charge >= 0.3 is 6.18 Å². The molecule has 0 spiro atoms. The van der Waals surface area contributed by atoms with Crippen molar-refractivity contribution in [1.82, 2.24) is 10.3 Å². The monoisotopic (exact) mass is 488 g/mol. The summed E-state index contributed by atoms with van der Waals surface area (Å²) in [5, 5.41) is 3.64. The van der Waals surface area contributed by atoms with E-state index in [1.54, 1.807) is 62.4 Å². The Morgan fingerprint density at radius 3 is 2.29 bits per heavy atom. The van der Waals surface area contributed by atoms with Crippen molar-refractivity contribution >= 4 is 28.2 Å². The van der Waals surface area contributed by atoms with E-state index in [2.05, 4.69) is 10.3 Å². The first kappa shape index (κ1) is 24.8. The molecule has 1 aliphatic carbocycles. The van der Waals surface area contributed by atoms with Gasteiger partial charge in [-0.1, -0.05) is 18.2 Å². The van der Waals surface area contributed by atoms with E-state index in [1.807, 2.05) is 4.90 Å². The molecular formula is C26H28F4N4O. The number of nitrogens with one attached hydrogen (secondary N) is 1. The Morgan fingerprint density at radius 1 is 0.971 bits per heavy atom. The SMILES string of the molecule is CN(C)c1ccc(C(=O)N[C@H]2CC[C@@H](N(C)c3cc(C(F)(F)F)nc4ccccc34)CC2)cc1F. The number of nitrogens with zero attached hydrogens (tertiary/aromatic N) is 3. The molecule has 1 saturated carbocycles. The molecule has 5 nitrogen and oxygen atoms in total. The van der Waals surface area contributed by atoms with Crippen LogP contribution >= 0.6 is 0 Å². The molecule has 0 unspecified atom stereocenters. The summed E-state index contributed by atoms with van der Waals surface area (Å²) in [6.07, 6.45) is -1.78. The van der Waals surface area contributed by atoms with Gasteiger partial charge in [-0.15, -0.1) is 0 Å². The second kappa shape index (κ2) is 9.71. The molecule has 0 bridgehead atoms. The van der Waals surface area contributed by atoms with Crippen LogP contribution in [0.5, 0.6) is 0 Å². The Morgan fingerprint density at radius 2 is 1.66 bits per heavy atom. The molecule has 1 aliphatic rings. The molecule has 0 aliphatic heterocycles. The quantitative estimate of drug-likeness (QED) is 0.473. The zero-order valence-electron chi connectivity index (χ0n) is 19.9. The van der Waals surface area contributed by atoms with Crippen LogP contribution in [0.4, 0.5) is 28.9 Å². The molecule has 0 saturated heterocycles.